The molecule has 1 spiro atoms. The van der Waals surface area contributed by atoms with E-state index in [1.54, 1.807) is 0 Å². The van der Waals surface area contributed by atoms with Crippen LogP contribution in [0.25, 0.3) is 0 Å². The van der Waals surface area contributed by atoms with Crippen LogP contribution in [0.4, 0.5) is 0 Å². The molecule has 108 valence electrons. The van der Waals surface area contributed by atoms with E-state index >= 15 is 0 Å². The van der Waals surface area contributed by atoms with Gasteiger partial charge in [0.15, 0.2) is 6.29 Å². The molecule has 0 saturated carbocycles. The van der Waals surface area contributed by atoms with Crippen LogP contribution in [0.15, 0.2) is 0 Å². The predicted octanol–water partition coefficient (Wildman–Crippen LogP) is -2.90. The number of nitrogens with one attached hydrogen (secondary N) is 1. The van der Waals surface area contributed by atoms with E-state index in [4.69, 9.17) is 9.47 Å². The summed E-state index contributed by atoms with van der Waals surface area (Å²) in [6.07, 6.45) is -2.62. The molecule has 4 N–H and O–H groups in total. The maximum absolute atomic E-state index is 10.3. The summed E-state index contributed by atoms with van der Waals surface area (Å²) in [5.74, 6) is 0. The predicted molar refractivity (Wildman–Crippen MR) is 63.3 cm³/mol. The van der Waals surface area contributed by atoms with E-state index < -0.39 is 24.1 Å². The van der Waals surface area contributed by atoms with Crippen LogP contribution < -0.4 is 5.32 Å². The number of aliphatic hydroxyl groups excluding tert-OH is 3. The lowest BCUT2D eigenvalue weighted by Gasteiger charge is -2.60. The summed E-state index contributed by atoms with van der Waals surface area (Å²) in [5.41, 5.74) is -0.810. The summed E-state index contributed by atoms with van der Waals surface area (Å²) in [6.45, 7) is 3.60. The SMILES string of the molecule is OC[C@@]12CO[C@@H](O1)[C@H](N1CC3(CNC3)C1)[C@@H](O)[C@H]2O. The number of hydrogen-bond donors (Lipinski definition) is 4. The fraction of sp³-hybridized carbons (Fsp3) is 1.00. The Morgan fingerprint density at radius 1 is 1.26 bits per heavy atom. The van der Waals surface area contributed by atoms with Crippen LogP contribution in [-0.4, -0.2) is 89.8 Å². The Hall–Kier alpha value is -0.280. The van der Waals surface area contributed by atoms with Crippen LogP contribution in [0.2, 0.25) is 0 Å². The van der Waals surface area contributed by atoms with Crippen molar-refractivity contribution in [2.24, 2.45) is 5.41 Å². The quantitative estimate of drug-likeness (QED) is 0.428. The molecule has 0 aromatic carbocycles. The van der Waals surface area contributed by atoms with Gasteiger partial charge in [-0.25, -0.2) is 0 Å². The second kappa shape index (κ2) is 3.88. The standard InChI is InChI=1S/C12H20N2O5/c15-5-12-6-18-10(19-12)7(8(16)9(12)17)14-3-11(4-14)1-13-2-11/h7-10,13,15-17H,1-6H2/t7-,8-,9-,10+,12+/m1/s1. The number of rotatable bonds is 2. The second-order valence-corrected chi connectivity index (χ2v) is 6.45. The summed E-state index contributed by atoms with van der Waals surface area (Å²) in [7, 11) is 0. The minimum absolute atomic E-state index is 0.128. The molecule has 7 nitrogen and oxygen atoms in total. The van der Waals surface area contributed by atoms with Gasteiger partial charge in [0.2, 0.25) is 0 Å². The van der Waals surface area contributed by atoms with Crippen LogP contribution in [0.5, 0.6) is 0 Å². The molecule has 4 heterocycles. The van der Waals surface area contributed by atoms with Crippen molar-refractivity contribution in [3.63, 3.8) is 0 Å². The van der Waals surface area contributed by atoms with Crippen molar-refractivity contribution in [2.45, 2.75) is 30.1 Å². The van der Waals surface area contributed by atoms with E-state index in [0.29, 0.717) is 5.41 Å². The maximum Gasteiger partial charge on any atom is 0.176 e. The Morgan fingerprint density at radius 3 is 2.58 bits per heavy atom. The average molecular weight is 272 g/mol. The minimum atomic E-state index is -1.15. The zero-order valence-corrected chi connectivity index (χ0v) is 10.7. The molecule has 0 radical (unpaired) electrons. The topological polar surface area (TPSA) is 94.4 Å². The van der Waals surface area contributed by atoms with Gasteiger partial charge >= 0.3 is 0 Å². The first-order valence-electron chi connectivity index (χ1n) is 6.80. The molecule has 0 aromatic rings. The van der Waals surface area contributed by atoms with Crippen LogP contribution in [0.3, 0.4) is 0 Å². The van der Waals surface area contributed by atoms with Crippen molar-refractivity contribution in [1.29, 1.82) is 0 Å². The van der Waals surface area contributed by atoms with E-state index in [0.717, 1.165) is 26.2 Å². The molecule has 0 aromatic heterocycles. The molecule has 4 aliphatic rings. The number of nitrogens with zero attached hydrogens (tertiary/aromatic N) is 1. The Morgan fingerprint density at radius 2 is 2.00 bits per heavy atom. The van der Waals surface area contributed by atoms with Crippen molar-refractivity contribution in [3.05, 3.63) is 0 Å². The third kappa shape index (κ3) is 1.52. The minimum Gasteiger partial charge on any atom is -0.393 e. The molecule has 2 bridgehead atoms. The molecule has 7 heteroatoms. The van der Waals surface area contributed by atoms with Gasteiger partial charge < -0.3 is 30.1 Å². The number of ether oxygens (including phenoxy) is 2. The van der Waals surface area contributed by atoms with E-state index in [1.807, 2.05) is 0 Å². The zero-order chi connectivity index (χ0) is 13.3. The number of hydrogen-bond acceptors (Lipinski definition) is 7. The lowest BCUT2D eigenvalue weighted by atomic mass is 9.72. The largest absolute Gasteiger partial charge is 0.393 e. The molecule has 0 amide bonds. The third-order valence-corrected chi connectivity index (χ3v) is 5.10. The Labute approximate surface area is 111 Å². The van der Waals surface area contributed by atoms with Gasteiger partial charge in [-0.2, -0.15) is 0 Å². The van der Waals surface area contributed by atoms with E-state index in [9.17, 15) is 15.3 Å². The summed E-state index contributed by atoms with van der Waals surface area (Å²) < 4.78 is 11.2. The van der Waals surface area contributed by atoms with Gasteiger partial charge in [0.25, 0.3) is 0 Å². The molecule has 4 aliphatic heterocycles. The maximum atomic E-state index is 10.3. The fourth-order valence-corrected chi connectivity index (χ4v) is 3.80. The molecule has 4 rings (SSSR count). The van der Waals surface area contributed by atoms with Gasteiger partial charge in [0, 0.05) is 31.6 Å². The number of likely N-dealkylation sites (tertiary alicyclic amines) is 1. The number of fused-ring (bicyclic) bond motifs is 2. The highest BCUT2D eigenvalue weighted by Crippen LogP contribution is 2.43. The van der Waals surface area contributed by atoms with E-state index in [1.165, 1.54) is 0 Å². The van der Waals surface area contributed by atoms with Gasteiger partial charge in [0.05, 0.1) is 19.3 Å². The zero-order valence-electron chi connectivity index (χ0n) is 10.7. The van der Waals surface area contributed by atoms with E-state index in [2.05, 4.69) is 10.2 Å². The van der Waals surface area contributed by atoms with Crippen molar-refractivity contribution in [1.82, 2.24) is 10.2 Å². The molecule has 5 atom stereocenters. The normalized spacial score (nSPS) is 51.9. The van der Waals surface area contributed by atoms with Crippen LogP contribution in [0.1, 0.15) is 0 Å². The Bertz CT molecular complexity index is 382. The Balaban J connectivity index is 1.51. The Kier molecular flexibility index (Phi) is 2.55. The monoisotopic (exact) mass is 272 g/mol. The third-order valence-electron chi connectivity index (χ3n) is 5.10. The molecule has 4 saturated heterocycles. The lowest BCUT2D eigenvalue weighted by molar-refractivity contribution is -0.268. The second-order valence-electron chi connectivity index (χ2n) is 6.45. The smallest absolute Gasteiger partial charge is 0.176 e. The summed E-state index contributed by atoms with van der Waals surface area (Å²) in [4.78, 5) is 2.12. The highest BCUT2D eigenvalue weighted by atomic mass is 16.7. The van der Waals surface area contributed by atoms with Crippen molar-refractivity contribution < 1.29 is 24.8 Å². The van der Waals surface area contributed by atoms with Gasteiger partial charge in [-0.05, 0) is 0 Å². The van der Waals surface area contributed by atoms with Gasteiger partial charge in [-0.3, -0.25) is 4.90 Å². The van der Waals surface area contributed by atoms with Gasteiger partial charge in [-0.1, -0.05) is 0 Å². The first-order valence-corrected chi connectivity index (χ1v) is 6.80. The van der Waals surface area contributed by atoms with Gasteiger partial charge in [-0.15, -0.1) is 0 Å². The van der Waals surface area contributed by atoms with Crippen LogP contribution >= 0.6 is 0 Å². The van der Waals surface area contributed by atoms with Gasteiger partial charge in [0.1, 0.15) is 17.8 Å². The van der Waals surface area contributed by atoms with E-state index in [-0.39, 0.29) is 19.3 Å². The first-order chi connectivity index (χ1) is 9.09. The molecule has 4 fully saturated rings. The number of aliphatic hydroxyl groups is 3. The fourth-order valence-electron chi connectivity index (χ4n) is 3.80. The molecular weight excluding hydrogens is 252 g/mol. The summed E-state index contributed by atoms with van der Waals surface area (Å²) >= 11 is 0. The lowest BCUT2D eigenvalue weighted by Crippen LogP contribution is -2.77. The van der Waals surface area contributed by atoms with Crippen molar-refractivity contribution >= 4 is 0 Å². The highest BCUT2D eigenvalue weighted by molar-refractivity contribution is 5.12. The summed E-state index contributed by atoms with van der Waals surface area (Å²) in [6, 6.07) is -0.344. The average Bonchev–Trinajstić information content (AvgIpc) is 2.70. The van der Waals surface area contributed by atoms with Crippen LogP contribution in [-0.2, 0) is 9.47 Å². The molecule has 19 heavy (non-hydrogen) atoms. The highest BCUT2D eigenvalue weighted by Gasteiger charge is 2.63. The molecular formula is C12H20N2O5. The molecule has 0 aliphatic carbocycles. The van der Waals surface area contributed by atoms with Crippen LogP contribution in [0, 0.1) is 5.41 Å². The van der Waals surface area contributed by atoms with Crippen molar-refractivity contribution in [3.8, 4) is 0 Å². The first kappa shape index (κ1) is 12.5. The van der Waals surface area contributed by atoms with Crippen molar-refractivity contribution in [2.75, 3.05) is 39.4 Å². The summed E-state index contributed by atoms with van der Waals surface area (Å²) in [5, 5.41) is 33.2. The molecule has 0 unspecified atom stereocenters.